The van der Waals surface area contributed by atoms with Gasteiger partial charge in [0, 0.05) is 17.3 Å². The maximum atomic E-state index is 6.83. The summed E-state index contributed by atoms with van der Waals surface area (Å²) in [4.78, 5) is 4.65. The topological polar surface area (TPSA) is 12.9 Å². The zero-order valence-electron chi connectivity index (χ0n) is 14.9. The summed E-state index contributed by atoms with van der Waals surface area (Å²) in [7, 11) is 6.83. The highest BCUT2D eigenvalue weighted by atomic mass is 14.7. The zero-order valence-corrected chi connectivity index (χ0v) is 14.9. The number of aromatic nitrogens is 1. The van der Waals surface area contributed by atoms with Crippen molar-refractivity contribution in [2.45, 2.75) is 31.0 Å². The number of benzene rings is 2. The van der Waals surface area contributed by atoms with Gasteiger partial charge in [0.2, 0.25) is 0 Å². The van der Waals surface area contributed by atoms with Crippen molar-refractivity contribution in [2.24, 2.45) is 11.8 Å². The monoisotopic (exact) mass is 335 g/mol. The predicted molar refractivity (Wildman–Crippen MR) is 108 cm³/mol. The van der Waals surface area contributed by atoms with Gasteiger partial charge >= 0.3 is 0 Å². The SMILES string of the molecule is [B]C1(c2ccc(-c3ccc(-c4ccccc4)nc3)cc2)CC2CCC1C2. The van der Waals surface area contributed by atoms with Gasteiger partial charge in [0.05, 0.1) is 13.5 Å². The molecule has 3 atom stereocenters. The molecule has 0 spiro atoms. The van der Waals surface area contributed by atoms with Crippen molar-refractivity contribution in [3.8, 4) is 22.4 Å². The molecular formula is C24H22BN. The molecule has 26 heavy (non-hydrogen) atoms. The standard InChI is InChI=1S/C24H22BN/c25-24(15-17-6-10-22(24)14-17)21-11-7-18(8-12-21)20-9-13-23(26-16-20)19-4-2-1-3-5-19/h1-5,7-9,11-13,16-17,22H,6,10,14-15H2. The Hall–Kier alpha value is -2.35. The fraction of sp³-hybridized carbons (Fsp3) is 0.292. The third-order valence-corrected chi connectivity index (χ3v) is 6.48. The smallest absolute Gasteiger partial charge is 0.0814 e. The number of pyridine rings is 1. The van der Waals surface area contributed by atoms with E-state index in [2.05, 4.69) is 53.5 Å². The molecule has 0 N–H and O–H groups in total. The maximum absolute atomic E-state index is 6.83. The molecule has 2 saturated carbocycles. The Balaban J connectivity index is 1.39. The molecule has 1 nitrogen and oxygen atoms in total. The molecule has 2 bridgehead atoms. The first kappa shape index (κ1) is 15.9. The Morgan fingerprint density at radius 2 is 1.58 bits per heavy atom. The largest absolute Gasteiger partial charge is 0.256 e. The molecule has 0 amide bonds. The lowest BCUT2D eigenvalue weighted by Gasteiger charge is -2.35. The molecule has 1 aromatic heterocycles. The van der Waals surface area contributed by atoms with E-state index >= 15 is 0 Å². The lowest BCUT2D eigenvalue weighted by atomic mass is 9.55. The summed E-state index contributed by atoms with van der Waals surface area (Å²) in [6.07, 6.45) is 7.12. The van der Waals surface area contributed by atoms with Gasteiger partial charge in [0.15, 0.2) is 0 Å². The van der Waals surface area contributed by atoms with E-state index in [0.717, 1.165) is 29.2 Å². The van der Waals surface area contributed by atoms with Crippen LogP contribution in [0.1, 0.15) is 31.2 Å². The van der Waals surface area contributed by atoms with Crippen LogP contribution in [0.5, 0.6) is 0 Å². The normalized spacial score (nSPS) is 26.9. The molecular weight excluding hydrogens is 313 g/mol. The van der Waals surface area contributed by atoms with Crippen LogP contribution >= 0.6 is 0 Å². The van der Waals surface area contributed by atoms with Gasteiger partial charge in [-0.05, 0) is 41.6 Å². The molecule has 3 unspecified atom stereocenters. The molecule has 0 saturated heterocycles. The number of nitrogens with zero attached hydrogens (tertiary/aromatic N) is 1. The van der Waals surface area contributed by atoms with Crippen molar-refractivity contribution < 1.29 is 0 Å². The average Bonchev–Trinajstić information content (AvgIpc) is 3.30. The number of hydrogen-bond acceptors (Lipinski definition) is 1. The first-order valence-electron chi connectivity index (χ1n) is 9.64. The second kappa shape index (κ2) is 6.12. The van der Waals surface area contributed by atoms with Crippen LogP contribution < -0.4 is 0 Å². The van der Waals surface area contributed by atoms with Gasteiger partial charge < -0.3 is 0 Å². The minimum Gasteiger partial charge on any atom is -0.256 e. The molecule has 2 aliphatic carbocycles. The van der Waals surface area contributed by atoms with Gasteiger partial charge in [-0.1, -0.05) is 79.1 Å². The summed E-state index contributed by atoms with van der Waals surface area (Å²) < 4.78 is 0. The van der Waals surface area contributed by atoms with E-state index in [9.17, 15) is 0 Å². The van der Waals surface area contributed by atoms with Gasteiger partial charge in [0.25, 0.3) is 0 Å². The van der Waals surface area contributed by atoms with Crippen LogP contribution in [-0.2, 0) is 5.31 Å². The van der Waals surface area contributed by atoms with Crippen LogP contribution in [0.4, 0.5) is 0 Å². The summed E-state index contributed by atoms with van der Waals surface area (Å²) in [5, 5.41) is -0.100. The Bertz CT molecular complexity index is 901. The molecule has 2 radical (unpaired) electrons. The Morgan fingerprint density at radius 1 is 0.808 bits per heavy atom. The van der Waals surface area contributed by atoms with E-state index in [0.29, 0.717) is 5.92 Å². The summed E-state index contributed by atoms with van der Waals surface area (Å²) in [5.41, 5.74) is 5.81. The van der Waals surface area contributed by atoms with E-state index in [1.54, 1.807) is 0 Å². The van der Waals surface area contributed by atoms with Crippen molar-refractivity contribution in [3.63, 3.8) is 0 Å². The second-order valence-corrected chi connectivity index (χ2v) is 8.00. The number of fused-ring (bicyclic) bond motifs is 2. The Labute approximate surface area is 156 Å². The van der Waals surface area contributed by atoms with E-state index in [4.69, 9.17) is 7.85 Å². The van der Waals surface area contributed by atoms with Crippen molar-refractivity contribution in [1.29, 1.82) is 0 Å². The van der Waals surface area contributed by atoms with Crippen LogP contribution in [-0.4, -0.2) is 12.8 Å². The highest BCUT2D eigenvalue weighted by Gasteiger charge is 2.47. The summed E-state index contributed by atoms with van der Waals surface area (Å²) in [6.45, 7) is 0. The van der Waals surface area contributed by atoms with Crippen LogP contribution in [0, 0.1) is 11.8 Å². The molecule has 5 rings (SSSR count). The van der Waals surface area contributed by atoms with Crippen LogP contribution in [0.25, 0.3) is 22.4 Å². The minimum atomic E-state index is -0.100. The van der Waals surface area contributed by atoms with E-state index < -0.39 is 0 Å². The zero-order chi connectivity index (χ0) is 17.6. The molecule has 3 aromatic rings. The fourth-order valence-corrected chi connectivity index (χ4v) is 5.04. The van der Waals surface area contributed by atoms with Crippen molar-refractivity contribution >= 4 is 7.85 Å². The van der Waals surface area contributed by atoms with Gasteiger partial charge in [-0.25, -0.2) is 0 Å². The first-order chi connectivity index (χ1) is 12.7. The fourth-order valence-electron chi connectivity index (χ4n) is 5.04. The van der Waals surface area contributed by atoms with Gasteiger partial charge in [-0.3, -0.25) is 4.98 Å². The lowest BCUT2D eigenvalue weighted by molar-refractivity contribution is 0.373. The maximum Gasteiger partial charge on any atom is 0.0814 e. The molecule has 2 fully saturated rings. The van der Waals surface area contributed by atoms with Gasteiger partial charge in [-0.15, -0.1) is 0 Å². The van der Waals surface area contributed by atoms with Crippen LogP contribution in [0.3, 0.4) is 0 Å². The van der Waals surface area contributed by atoms with Gasteiger partial charge in [0.1, 0.15) is 0 Å². The molecule has 0 aliphatic heterocycles. The van der Waals surface area contributed by atoms with Crippen LogP contribution in [0.15, 0.2) is 72.9 Å². The molecule has 2 aliphatic rings. The van der Waals surface area contributed by atoms with Crippen LogP contribution in [0.2, 0.25) is 0 Å². The third-order valence-electron chi connectivity index (χ3n) is 6.48. The number of hydrogen-bond donors (Lipinski definition) is 0. The van der Waals surface area contributed by atoms with Crippen molar-refractivity contribution in [1.82, 2.24) is 4.98 Å². The number of rotatable bonds is 3. The Kier molecular flexibility index (Phi) is 3.74. The highest BCUT2D eigenvalue weighted by Crippen LogP contribution is 2.55. The van der Waals surface area contributed by atoms with Crippen molar-refractivity contribution in [3.05, 3.63) is 78.5 Å². The molecule has 2 heteroatoms. The average molecular weight is 335 g/mol. The summed E-state index contributed by atoms with van der Waals surface area (Å²) in [5.74, 6) is 1.52. The highest BCUT2D eigenvalue weighted by molar-refractivity contribution is 6.16. The molecule has 126 valence electrons. The first-order valence-corrected chi connectivity index (χ1v) is 9.64. The van der Waals surface area contributed by atoms with Gasteiger partial charge in [-0.2, -0.15) is 0 Å². The Morgan fingerprint density at radius 3 is 2.19 bits per heavy atom. The minimum absolute atomic E-state index is 0.100. The second-order valence-electron chi connectivity index (χ2n) is 8.00. The van der Waals surface area contributed by atoms with E-state index in [-0.39, 0.29) is 5.31 Å². The predicted octanol–water partition coefficient (Wildman–Crippen LogP) is 5.60. The quantitative estimate of drug-likeness (QED) is 0.568. The van der Waals surface area contributed by atoms with Crippen molar-refractivity contribution in [2.75, 3.05) is 0 Å². The molecule has 1 heterocycles. The van der Waals surface area contributed by atoms with E-state index in [1.807, 2.05) is 24.4 Å². The molecule has 2 aromatic carbocycles. The third kappa shape index (κ3) is 2.60. The summed E-state index contributed by atoms with van der Waals surface area (Å²) in [6, 6.07) is 23.4. The van der Waals surface area contributed by atoms with E-state index in [1.165, 1.54) is 30.4 Å². The lowest BCUT2D eigenvalue weighted by Crippen LogP contribution is -2.32. The summed E-state index contributed by atoms with van der Waals surface area (Å²) >= 11 is 0.